The van der Waals surface area contributed by atoms with E-state index in [-0.39, 0.29) is 11.9 Å². The van der Waals surface area contributed by atoms with Crippen LogP contribution in [0.2, 0.25) is 0 Å². The topological polar surface area (TPSA) is 46.5 Å². The minimum absolute atomic E-state index is 0.225. The lowest BCUT2D eigenvalue weighted by atomic mass is 9.69. The third-order valence-corrected chi connectivity index (χ3v) is 3.02. The summed E-state index contributed by atoms with van der Waals surface area (Å²) >= 11 is 0. The summed E-state index contributed by atoms with van der Waals surface area (Å²) in [5, 5.41) is 10.1. The van der Waals surface area contributed by atoms with Gasteiger partial charge in [-0.15, -0.1) is 0 Å². The predicted octanol–water partition coefficient (Wildman–Crippen LogP) is 1.88. The van der Waals surface area contributed by atoms with Crippen LogP contribution in [-0.4, -0.2) is 23.3 Å². The quantitative estimate of drug-likeness (QED) is 0.689. The van der Waals surface area contributed by atoms with Crippen LogP contribution in [-0.2, 0) is 9.53 Å². The van der Waals surface area contributed by atoms with Crippen molar-refractivity contribution in [2.75, 3.05) is 6.61 Å². The van der Waals surface area contributed by atoms with E-state index in [0.717, 1.165) is 32.1 Å². The largest absolute Gasteiger partial charge is 0.466 e. The highest BCUT2D eigenvalue weighted by molar-refractivity contribution is 5.74. The van der Waals surface area contributed by atoms with Gasteiger partial charge in [-0.3, -0.25) is 4.79 Å². The molecule has 0 saturated heterocycles. The van der Waals surface area contributed by atoms with Gasteiger partial charge < -0.3 is 9.84 Å². The Bertz CT molecular complexity index is 197. The zero-order valence-corrected chi connectivity index (χ0v) is 9.08. The molecule has 82 valence electrons. The first-order chi connectivity index (χ1) is 6.64. The number of carbonyl (C=O) groups is 1. The standard InChI is InChI=1S/C11H20O3/c1-3-6-9(10(12)14-4-2)11(13)7-5-8-11/h9,13H,3-8H2,1-2H3. The molecule has 14 heavy (non-hydrogen) atoms. The van der Waals surface area contributed by atoms with E-state index >= 15 is 0 Å². The zero-order chi connectivity index (χ0) is 10.6. The average Bonchev–Trinajstić information content (AvgIpc) is 2.11. The van der Waals surface area contributed by atoms with Crippen molar-refractivity contribution in [1.29, 1.82) is 0 Å². The second kappa shape index (κ2) is 4.78. The van der Waals surface area contributed by atoms with Gasteiger partial charge in [0.1, 0.15) is 0 Å². The molecule has 1 N–H and O–H groups in total. The van der Waals surface area contributed by atoms with E-state index in [1.807, 2.05) is 6.92 Å². The van der Waals surface area contributed by atoms with Crippen LogP contribution < -0.4 is 0 Å². The van der Waals surface area contributed by atoms with Gasteiger partial charge in [0, 0.05) is 0 Å². The summed E-state index contributed by atoms with van der Waals surface area (Å²) in [7, 11) is 0. The van der Waals surface area contributed by atoms with Crippen LogP contribution in [0.3, 0.4) is 0 Å². The summed E-state index contributed by atoms with van der Waals surface area (Å²) in [5.74, 6) is -0.530. The highest BCUT2D eigenvalue weighted by Gasteiger charge is 2.46. The Morgan fingerprint density at radius 1 is 1.50 bits per heavy atom. The molecule has 1 aliphatic rings. The Morgan fingerprint density at radius 2 is 2.14 bits per heavy atom. The van der Waals surface area contributed by atoms with E-state index in [0.29, 0.717) is 6.61 Å². The molecule has 1 unspecified atom stereocenters. The second-order valence-corrected chi connectivity index (χ2v) is 4.05. The number of hydrogen-bond acceptors (Lipinski definition) is 3. The summed E-state index contributed by atoms with van der Waals surface area (Å²) in [6.07, 6.45) is 4.16. The molecule has 0 spiro atoms. The lowest BCUT2D eigenvalue weighted by Crippen LogP contribution is -2.48. The Hall–Kier alpha value is -0.570. The van der Waals surface area contributed by atoms with Crippen molar-refractivity contribution in [3.05, 3.63) is 0 Å². The van der Waals surface area contributed by atoms with Gasteiger partial charge in [-0.1, -0.05) is 13.3 Å². The molecule has 0 heterocycles. The number of aliphatic hydroxyl groups is 1. The molecule has 0 amide bonds. The van der Waals surface area contributed by atoms with Crippen LogP contribution >= 0.6 is 0 Å². The number of ether oxygens (including phenoxy) is 1. The van der Waals surface area contributed by atoms with Gasteiger partial charge in [0.25, 0.3) is 0 Å². The summed E-state index contributed by atoms with van der Waals surface area (Å²) in [5.41, 5.74) is -0.762. The third-order valence-electron chi connectivity index (χ3n) is 3.02. The van der Waals surface area contributed by atoms with Gasteiger partial charge in [-0.2, -0.15) is 0 Å². The molecule has 3 heteroatoms. The Morgan fingerprint density at radius 3 is 2.50 bits per heavy atom. The molecule has 0 aromatic rings. The smallest absolute Gasteiger partial charge is 0.311 e. The first-order valence-electron chi connectivity index (χ1n) is 5.53. The number of rotatable bonds is 5. The number of carbonyl (C=O) groups excluding carboxylic acids is 1. The molecule has 1 fully saturated rings. The van der Waals surface area contributed by atoms with Crippen molar-refractivity contribution in [2.24, 2.45) is 5.92 Å². The Balaban J connectivity index is 2.58. The van der Waals surface area contributed by atoms with Crippen LogP contribution in [0.25, 0.3) is 0 Å². The van der Waals surface area contributed by atoms with Crippen LogP contribution in [0.4, 0.5) is 0 Å². The molecule has 0 radical (unpaired) electrons. The summed E-state index contributed by atoms with van der Waals surface area (Å²) in [6, 6.07) is 0. The lowest BCUT2D eigenvalue weighted by molar-refractivity contribution is -0.166. The molecule has 0 aromatic carbocycles. The summed E-state index contributed by atoms with van der Waals surface area (Å²) < 4.78 is 4.98. The fourth-order valence-corrected chi connectivity index (χ4v) is 2.02. The third kappa shape index (κ3) is 2.27. The molecule has 0 aromatic heterocycles. The van der Waals surface area contributed by atoms with E-state index < -0.39 is 5.60 Å². The maximum atomic E-state index is 11.6. The van der Waals surface area contributed by atoms with Crippen LogP contribution in [0.1, 0.15) is 46.0 Å². The summed E-state index contributed by atoms with van der Waals surface area (Å²) in [4.78, 5) is 11.6. The van der Waals surface area contributed by atoms with Gasteiger partial charge in [-0.05, 0) is 32.6 Å². The Labute approximate surface area is 85.5 Å². The molecule has 0 aliphatic heterocycles. The van der Waals surface area contributed by atoms with E-state index in [2.05, 4.69) is 0 Å². The van der Waals surface area contributed by atoms with Gasteiger partial charge in [0.2, 0.25) is 0 Å². The van der Waals surface area contributed by atoms with Gasteiger partial charge in [-0.25, -0.2) is 0 Å². The highest BCUT2D eigenvalue weighted by Crippen LogP contribution is 2.40. The van der Waals surface area contributed by atoms with E-state index in [4.69, 9.17) is 4.74 Å². The fourth-order valence-electron chi connectivity index (χ4n) is 2.02. The Kier molecular flexibility index (Phi) is 3.93. The first-order valence-corrected chi connectivity index (χ1v) is 5.53. The monoisotopic (exact) mass is 200 g/mol. The second-order valence-electron chi connectivity index (χ2n) is 4.05. The van der Waals surface area contributed by atoms with E-state index in [9.17, 15) is 9.90 Å². The van der Waals surface area contributed by atoms with Gasteiger partial charge in [0.05, 0.1) is 18.1 Å². The van der Waals surface area contributed by atoms with Crippen molar-refractivity contribution in [3.8, 4) is 0 Å². The number of hydrogen-bond donors (Lipinski definition) is 1. The summed E-state index contributed by atoms with van der Waals surface area (Å²) in [6.45, 7) is 4.22. The van der Waals surface area contributed by atoms with Crippen LogP contribution in [0.15, 0.2) is 0 Å². The lowest BCUT2D eigenvalue weighted by Gasteiger charge is -2.41. The average molecular weight is 200 g/mol. The van der Waals surface area contributed by atoms with Crippen molar-refractivity contribution < 1.29 is 14.6 Å². The van der Waals surface area contributed by atoms with Gasteiger partial charge in [0.15, 0.2) is 0 Å². The molecular weight excluding hydrogens is 180 g/mol. The molecule has 1 atom stereocenters. The van der Waals surface area contributed by atoms with Crippen molar-refractivity contribution in [2.45, 2.75) is 51.6 Å². The molecule has 1 saturated carbocycles. The molecule has 1 rings (SSSR count). The maximum Gasteiger partial charge on any atom is 0.311 e. The predicted molar refractivity (Wildman–Crippen MR) is 53.8 cm³/mol. The van der Waals surface area contributed by atoms with E-state index in [1.54, 1.807) is 6.92 Å². The molecule has 1 aliphatic carbocycles. The highest BCUT2D eigenvalue weighted by atomic mass is 16.5. The first kappa shape index (κ1) is 11.5. The molecule has 3 nitrogen and oxygen atoms in total. The zero-order valence-electron chi connectivity index (χ0n) is 9.08. The minimum Gasteiger partial charge on any atom is -0.466 e. The maximum absolute atomic E-state index is 11.6. The molecule has 0 bridgehead atoms. The minimum atomic E-state index is -0.762. The van der Waals surface area contributed by atoms with E-state index in [1.165, 1.54) is 0 Å². The molecular formula is C11H20O3. The fraction of sp³-hybridized carbons (Fsp3) is 0.909. The van der Waals surface area contributed by atoms with Gasteiger partial charge >= 0.3 is 5.97 Å². The van der Waals surface area contributed by atoms with Crippen molar-refractivity contribution >= 4 is 5.97 Å². The normalized spacial score (nSPS) is 21.1. The SMILES string of the molecule is CCCC(C(=O)OCC)C1(O)CCC1. The number of esters is 1. The van der Waals surface area contributed by atoms with Crippen molar-refractivity contribution in [1.82, 2.24) is 0 Å². The van der Waals surface area contributed by atoms with Crippen LogP contribution in [0, 0.1) is 5.92 Å². The van der Waals surface area contributed by atoms with Crippen molar-refractivity contribution in [3.63, 3.8) is 0 Å². The van der Waals surface area contributed by atoms with Crippen LogP contribution in [0.5, 0.6) is 0 Å².